The molecule has 0 radical (unpaired) electrons. The summed E-state index contributed by atoms with van der Waals surface area (Å²) in [5.74, 6) is 2.61. The number of allylic oxidation sites excluding steroid dienone is 3. The zero-order valence-corrected chi connectivity index (χ0v) is 10.7. The molecule has 15 heavy (non-hydrogen) atoms. The molecule has 0 bridgehead atoms. The lowest BCUT2D eigenvalue weighted by Crippen LogP contribution is -2.38. The SMILES string of the molecule is C=CC1=C(C)C(=O)C2(CC1)SCCCS2. The first-order valence-electron chi connectivity index (χ1n) is 5.34. The molecule has 0 atom stereocenters. The predicted octanol–water partition coefficient (Wildman–Crippen LogP) is 3.42. The van der Waals surface area contributed by atoms with Crippen molar-refractivity contribution in [3.05, 3.63) is 23.8 Å². The van der Waals surface area contributed by atoms with Gasteiger partial charge in [-0.05, 0) is 48.8 Å². The Morgan fingerprint density at radius 3 is 2.67 bits per heavy atom. The highest BCUT2D eigenvalue weighted by Gasteiger charge is 2.44. The van der Waals surface area contributed by atoms with Crippen LogP contribution in [0.5, 0.6) is 0 Å². The van der Waals surface area contributed by atoms with E-state index in [9.17, 15) is 4.79 Å². The number of rotatable bonds is 1. The molecule has 3 heteroatoms. The second-order valence-electron chi connectivity index (χ2n) is 3.99. The summed E-state index contributed by atoms with van der Waals surface area (Å²) < 4.78 is -0.144. The molecule has 1 heterocycles. The third-order valence-electron chi connectivity index (χ3n) is 3.10. The summed E-state index contributed by atoms with van der Waals surface area (Å²) in [6.45, 7) is 5.73. The van der Waals surface area contributed by atoms with Crippen LogP contribution < -0.4 is 0 Å². The molecule has 1 fully saturated rings. The van der Waals surface area contributed by atoms with Crippen molar-refractivity contribution in [2.75, 3.05) is 11.5 Å². The molecule has 1 spiro atoms. The molecule has 0 N–H and O–H groups in total. The minimum absolute atomic E-state index is 0.144. The second-order valence-corrected chi connectivity index (χ2v) is 7.03. The lowest BCUT2D eigenvalue weighted by atomic mass is 9.91. The monoisotopic (exact) mass is 240 g/mol. The van der Waals surface area contributed by atoms with Crippen LogP contribution in [0.4, 0.5) is 0 Å². The van der Waals surface area contributed by atoms with Gasteiger partial charge in [-0.3, -0.25) is 4.79 Å². The molecule has 1 nitrogen and oxygen atoms in total. The lowest BCUT2D eigenvalue weighted by molar-refractivity contribution is -0.116. The van der Waals surface area contributed by atoms with Crippen molar-refractivity contribution in [2.45, 2.75) is 30.3 Å². The predicted molar refractivity (Wildman–Crippen MR) is 69.4 cm³/mol. The smallest absolute Gasteiger partial charge is 0.184 e. The molecule has 1 aliphatic carbocycles. The zero-order chi connectivity index (χ0) is 10.9. The molecule has 0 aromatic heterocycles. The van der Waals surface area contributed by atoms with Gasteiger partial charge in [-0.15, -0.1) is 23.5 Å². The van der Waals surface area contributed by atoms with Crippen molar-refractivity contribution in [1.82, 2.24) is 0 Å². The van der Waals surface area contributed by atoms with Gasteiger partial charge < -0.3 is 0 Å². The summed E-state index contributed by atoms with van der Waals surface area (Å²) in [4.78, 5) is 12.3. The van der Waals surface area contributed by atoms with Gasteiger partial charge in [0, 0.05) is 0 Å². The Morgan fingerprint density at radius 2 is 2.07 bits per heavy atom. The van der Waals surface area contributed by atoms with Crippen molar-refractivity contribution in [1.29, 1.82) is 0 Å². The highest BCUT2D eigenvalue weighted by molar-refractivity contribution is 8.20. The highest BCUT2D eigenvalue weighted by Crippen LogP contribution is 2.50. The van der Waals surface area contributed by atoms with Crippen LogP contribution in [0.1, 0.15) is 26.2 Å². The Labute approximate surface area is 99.8 Å². The first kappa shape index (κ1) is 11.3. The Hall–Kier alpha value is -0.150. The summed E-state index contributed by atoms with van der Waals surface area (Å²) in [6, 6.07) is 0. The quantitative estimate of drug-likeness (QED) is 0.699. The van der Waals surface area contributed by atoms with E-state index >= 15 is 0 Å². The number of carbonyl (C=O) groups excluding carboxylic acids is 1. The number of ketones is 1. The molecular formula is C12H16OS2. The first-order chi connectivity index (χ1) is 7.19. The van der Waals surface area contributed by atoms with Crippen molar-refractivity contribution in [3.8, 4) is 0 Å². The molecule has 0 amide bonds. The van der Waals surface area contributed by atoms with Gasteiger partial charge in [0.2, 0.25) is 0 Å². The van der Waals surface area contributed by atoms with Crippen LogP contribution in [0, 0.1) is 0 Å². The normalized spacial score (nSPS) is 25.8. The van der Waals surface area contributed by atoms with Gasteiger partial charge in [-0.25, -0.2) is 0 Å². The van der Waals surface area contributed by atoms with E-state index in [1.54, 1.807) is 0 Å². The lowest BCUT2D eigenvalue weighted by Gasteiger charge is -2.38. The Balaban J connectivity index is 2.28. The average molecular weight is 240 g/mol. The van der Waals surface area contributed by atoms with E-state index in [1.165, 1.54) is 6.42 Å². The van der Waals surface area contributed by atoms with Crippen LogP contribution in [0.15, 0.2) is 23.8 Å². The number of carbonyl (C=O) groups is 1. The fourth-order valence-electron chi connectivity index (χ4n) is 2.14. The van der Waals surface area contributed by atoms with Crippen LogP contribution in [-0.2, 0) is 4.79 Å². The van der Waals surface area contributed by atoms with Gasteiger partial charge in [0.15, 0.2) is 5.78 Å². The Kier molecular flexibility index (Phi) is 3.31. The van der Waals surface area contributed by atoms with Crippen molar-refractivity contribution in [2.24, 2.45) is 0 Å². The summed E-state index contributed by atoms with van der Waals surface area (Å²) in [5, 5.41) is 0. The minimum atomic E-state index is -0.144. The molecule has 82 valence electrons. The summed E-state index contributed by atoms with van der Waals surface area (Å²) in [5.41, 5.74) is 2.09. The Morgan fingerprint density at radius 1 is 1.40 bits per heavy atom. The van der Waals surface area contributed by atoms with E-state index in [4.69, 9.17) is 0 Å². The average Bonchev–Trinajstić information content (AvgIpc) is 2.28. The summed E-state index contributed by atoms with van der Waals surface area (Å²) in [6.07, 6.45) is 5.08. The van der Waals surface area contributed by atoms with E-state index in [0.717, 1.165) is 35.5 Å². The maximum Gasteiger partial charge on any atom is 0.184 e. The van der Waals surface area contributed by atoms with Gasteiger partial charge in [0.25, 0.3) is 0 Å². The van der Waals surface area contributed by atoms with Crippen LogP contribution in [0.3, 0.4) is 0 Å². The maximum atomic E-state index is 12.3. The summed E-state index contributed by atoms with van der Waals surface area (Å²) >= 11 is 3.71. The molecule has 0 saturated carbocycles. The van der Waals surface area contributed by atoms with Crippen molar-refractivity contribution >= 4 is 29.3 Å². The van der Waals surface area contributed by atoms with Crippen LogP contribution in [0.2, 0.25) is 0 Å². The van der Waals surface area contributed by atoms with Gasteiger partial charge in [-0.1, -0.05) is 12.7 Å². The summed E-state index contributed by atoms with van der Waals surface area (Å²) in [7, 11) is 0. The molecular weight excluding hydrogens is 224 g/mol. The molecule has 0 aromatic carbocycles. The van der Waals surface area contributed by atoms with Crippen molar-refractivity contribution < 1.29 is 4.79 Å². The van der Waals surface area contributed by atoms with Crippen LogP contribution in [-0.4, -0.2) is 21.4 Å². The van der Waals surface area contributed by atoms with Gasteiger partial charge in [0.1, 0.15) is 4.08 Å². The molecule has 0 unspecified atom stereocenters. The van der Waals surface area contributed by atoms with E-state index in [-0.39, 0.29) is 4.08 Å². The van der Waals surface area contributed by atoms with Crippen LogP contribution in [0.25, 0.3) is 0 Å². The number of hydrogen-bond acceptors (Lipinski definition) is 3. The van der Waals surface area contributed by atoms with Crippen LogP contribution >= 0.6 is 23.5 Å². The third kappa shape index (κ3) is 1.92. The number of hydrogen-bond donors (Lipinski definition) is 0. The number of Topliss-reactive ketones (excluding diaryl/α,β-unsaturated/α-hetero) is 1. The fraction of sp³-hybridized carbons (Fsp3) is 0.583. The van der Waals surface area contributed by atoms with Gasteiger partial charge in [0.05, 0.1) is 0 Å². The number of thioether (sulfide) groups is 2. The highest BCUT2D eigenvalue weighted by atomic mass is 32.2. The molecule has 2 aliphatic rings. The van der Waals surface area contributed by atoms with E-state index in [1.807, 2.05) is 36.5 Å². The fourth-order valence-corrected chi connectivity index (χ4v) is 5.45. The van der Waals surface area contributed by atoms with E-state index in [2.05, 4.69) is 6.58 Å². The maximum absolute atomic E-state index is 12.3. The topological polar surface area (TPSA) is 17.1 Å². The zero-order valence-electron chi connectivity index (χ0n) is 9.04. The van der Waals surface area contributed by atoms with E-state index in [0.29, 0.717) is 5.78 Å². The Bertz CT molecular complexity index is 325. The van der Waals surface area contributed by atoms with Crippen molar-refractivity contribution in [3.63, 3.8) is 0 Å². The minimum Gasteiger partial charge on any atom is -0.292 e. The largest absolute Gasteiger partial charge is 0.292 e. The molecule has 1 saturated heterocycles. The molecule has 2 rings (SSSR count). The molecule has 1 aliphatic heterocycles. The van der Waals surface area contributed by atoms with Gasteiger partial charge in [-0.2, -0.15) is 0 Å². The third-order valence-corrected chi connectivity index (χ3v) is 6.50. The van der Waals surface area contributed by atoms with Gasteiger partial charge >= 0.3 is 0 Å². The molecule has 0 aromatic rings. The first-order valence-corrected chi connectivity index (χ1v) is 7.31. The second kappa shape index (κ2) is 4.38. The standard InChI is InChI=1S/C12H16OS2/c1-3-10-5-6-12(11(13)9(10)2)14-7-4-8-15-12/h3H,1,4-8H2,2H3. The van der Waals surface area contributed by atoms with E-state index < -0.39 is 0 Å².